The highest BCUT2D eigenvalue weighted by molar-refractivity contribution is 6.30. The first-order valence-electron chi connectivity index (χ1n) is 11.1. The fourth-order valence-corrected chi connectivity index (χ4v) is 4.20. The van der Waals surface area contributed by atoms with Crippen molar-refractivity contribution in [1.82, 2.24) is 25.0 Å². The average Bonchev–Trinajstić information content (AvgIpc) is 3.25. The number of benzene rings is 2. The molecule has 0 saturated carbocycles. The standard InChI is InChI=1S/C27H20ClN7O/c1-17-24(27(36)33-34(2)23-9-5-6-14-30-23)26-31-16-22(21-8-4-3-7-19(21)15-29)25(35(26)32-17)18-10-12-20(28)13-11-18/h3-14,16H,1-2H3,(H,33,36). The molecule has 0 aliphatic rings. The second kappa shape index (κ2) is 9.49. The smallest absolute Gasteiger partial charge is 0.271 e. The van der Waals surface area contributed by atoms with Gasteiger partial charge in [-0.25, -0.2) is 14.5 Å². The summed E-state index contributed by atoms with van der Waals surface area (Å²) in [6.45, 7) is 1.76. The number of pyridine rings is 1. The van der Waals surface area contributed by atoms with Gasteiger partial charge in [0.15, 0.2) is 5.65 Å². The van der Waals surface area contributed by atoms with Crippen LogP contribution in [0.25, 0.3) is 28.0 Å². The first-order valence-corrected chi connectivity index (χ1v) is 11.4. The SMILES string of the molecule is Cc1nn2c(-c3ccc(Cl)cc3)c(-c3ccccc3C#N)cnc2c1C(=O)NN(C)c1ccccn1. The van der Waals surface area contributed by atoms with Crippen LogP contribution in [0.5, 0.6) is 0 Å². The summed E-state index contributed by atoms with van der Waals surface area (Å²) in [6, 6.07) is 22.3. The van der Waals surface area contributed by atoms with Crippen LogP contribution in [0.15, 0.2) is 79.1 Å². The molecule has 2 aromatic carbocycles. The number of nitriles is 1. The molecule has 0 unspecified atom stereocenters. The number of halogens is 1. The van der Waals surface area contributed by atoms with Crippen LogP contribution in [0.1, 0.15) is 21.6 Å². The first kappa shape index (κ1) is 23.0. The Hall–Kier alpha value is -4.74. The number of anilines is 1. The highest BCUT2D eigenvalue weighted by Gasteiger charge is 2.24. The second-order valence-electron chi connectivity index (χ2n) is 8.07. The summed E-state index contributed by atoms with van der Waals surface area (Å²) in [5, 5.41) is 16.6. The number of aryl methyl sites for hydroxylation is 1. The molecule has 0 aliphatic carbocycles. The van der Waals surface area contributed by atoms with Gasteiger partial charge in [-0.1, -0.05) is 48.0 Å². The number of hydrogen-bond acceptors (Lipinski definition) is 6. The van der Waals surface area contributed by atoms with Crippen molar-refractivity contribution in [2.24, 2.45) is 0 Å². The van der Waals surface area contributed by atoms with E-state index in [2.05, 4.69) is 21.5 Å². The highest BCUT2D eigenvalue weighted by atomic mass is 35.5. The Kier molecular flexibility index (Phi) is 6.07. The maximum Gasteiger partial charge on any atom is 0.275 e. The zero-order chi connectivity index (χ0) is 25.2. The number of hydrogen-bond donors (Lipinski definition) is 1. The van der Waals surface area contributed by atoms with E-state index in [9.17, 15) is 10.1 Å². The summed E-state index contributed by atoms with van der Waals surface area (Å²) in [4.78, 5) is 22.2. The topological polar surface area (TPSA) is 99.2 Å². The molecule has 1 N–H and O–H groups in total. The third-order valence-corrected chi connectivity index (χ3v) is 6.02. The molecular weight excluding hydrogens is 474 g/mol. The maximum atomic E-state index is 13.3. The van der Waals surface area contributed by atoms with E-state index >= 15 is 0 Å². The third-order valence-electron chi connectivity index (χ3n) is 5.76. The zero-order valence-electron chi connectivity index (χ0n) is 19.5. The fourth-order valence-electron chi connectivity index (χ4n) is 4.07. The van der Waals surface area contributed by atoms with Crippen LogP contribution in [0.3, 0.4) is 0 Å². The predicted octanol–water partition coefficient (Wildman–Crippen LogP) is 5.07. The van der Waals surface area contributed by atoms with Crippen molar-refractivity contribution in [1.29, 1.82) is 5.26 Å². The Morgan fingerprint density at radius 3 is 2.50 bits per heavy atom. The van der Waals surface area contributed by atoms with E-state index < -0.39 is 0 Å². The van der Waals surface area contributed by atoms with E-state index in [0.717, 1.165) is 5.56 Å². The quantitative estimate of drug-likeness (QED) is 0.343. The Labute approximate surface area is 212 Å². The molecule has 0 saturated heterocycles. The number of rotatable bonds is 5. The molecule has 176 valence electrons. The van der Waals surface area contributed by atoms with Crippen molar-refractivity contribution in [3.8, 4) is 28.5 Å². The molecule has 5 aromatic rings. The number of carbonyl (C=O) groups is 1. The molecule has 0 atom stereocenters. The van der Waals surface area contributed by atoms with E-state index in [1.165, 1.54) is 0 Å². The largest absolute Gasteiger partial charge is 0.275 e. The monoisotopic (exact) mass is 493 g/mol. The summed E-state index contributed by atoms with van der Waals surface area (Å²) in [5.74, 6) is 0.223. The molecule has 0 fully saturated rings. The number of fused-ring (bicyclic) bond motifs is 1. The van der Waals surface area contributed by atoms with Gasteiger partial charge < -0.3 is 0 Å². The van der Waals surface area contributed by atoms with Crippen LogP contribution in [0.2, 0.25) is 5.02 Å². The van der Waals surface area contributed by atoms with Crippen LogP contribution < -0.4 is 10.4 Å². The predicted molar refractivity (Wildman–Crippen MR) is 138 cm³/mol. The van der Waals surface area contributed by atoms with Gasteiger partial charge in [-0.2, -0.15) is 10.4 Å². The van der Waals surface area contributed by atoms with Gasteiger partial charge in [-0.15, -0.1) is 0 Å². The Bertz CT molecular complexity index is 1620. The minimum Gasteiger partial charge on any atom is -0.271 e. The van der Waals surface area contributed by atoms with Gasteiger partial charge in [0.25, 0.3) is 5.91 Å². The number of nitrogens with zero attached hydrogens (tertiary/aromatic N) is 6. The molecule has 0 aliphatic heterocycles. The van der Waals surface area contributed by atoms with Gasteiger partial charge >= 0.3 is 0 Å². The summed E-state index contributed by atoms with van der Waals surface area (Å²) < 4.78 is 1.65. The third kappa shape index (κ3) is 4.13. The van der Waals surface area contributed by atoms with Crippen molar-refractivity contribution in [3.63, 3.8) is 0 Å². The van der Waals surface area contributed by atoms with Crippen molar-refractivity contribution in [2.75, 3.05) is 12.1 Å². The van der Waals surface area contributed by atoms with E-state index in [4.69, 9.17) is 16.7 Å². The van der Waals surface area contributed by atoms with Crippen LogP contribution in [-0.2, 0) is 0 Å². The lowest BCUT2D eigenvalue weighted by Crippen LogP contribution is -2.40. The van der Waals surface area contributed by atoms with Crippen LogP contribution in [-0.4, -0.2) is 32.5 Å². The molecule has 3 aromatic heterocycles. The van der Waals surface area contributed by atoms with Crippen LogP contribution >= 0.6 is 11.6 Å². The minimum absolute atomic E-state index is 0.341. The van der Waals surface area contributed by atoms with E-state index in [1.54, 1.807) is 66.2 Å². The van der Waals surface area contributed by atoms with Gasteiger partial charge in [0, 0.05) is 41.2 Å². The molecule has 36 heavy (non-hydrogen) atoms. The number of carbonyl (C=O) groups excluding carboxylic acids is 1. The summed E-state index contributed by atoms with van der Waals surface area (Å²) >= 11 is 6.15. The minimum atomic E-state index is -0.365. The van der Waals surface area contributed by atoms with Crippen molar-refractivity contribution >= 4 is 29.0 Å². The van der Waals surface area contributed by atoms with Gasteiger partial charge in [0.05, 0.1) is 23.0 Å². The average molecular weight is 494 g/mol. The van der Waals surface area contributed by atoms with Crippen molar-refractivity contribution in [3.05, 3.63) is 101 Å². The Balaban J connectivity index is 1.69. The van der Waals surface area contributed by atoms with E-state index in [-0.39, 0.29) is 5.91 Å². The number of nitrogens with one attached hydrogen (secondary N) is 1. The molecule has 0 bridgehead atoms. The molecule has 1 amide bonds. The van der Waals surface area contributed by atoms with Crippen molar-refractivity contribution < 1.29 is 4.79 Å². The molecule has 8 nitrogen and oxygen atoms in total. The molecule has 9 heteroatoms. The number of hydrazine groups is 1. The Morgan fingerprint density at radius 1 is 1.03 bits per heavy atom. The number of aromatic nitrogens is 4. The maximum absolute atomic E-state index is 13.3. The van der Waals surface area contributed by atoms with E-state index in [0.29, 0.717) is 50.1 Å². The summed E-state index contributed by atoms with van der Waals surface area (Å²) in [6.07, 6.45) is 3.33. The number of amides is 1. The summed E-state index contributed by atoms with van der Waals surface area (Å²) in [7, 11) is 1.71. The lowest BCUT2D eigenvalue weighted by Gasteiger charge is -2.18. The lowest BCUT2D eigenvalue weighted by molar-refractivity contribution is 0.0952. The van der Waals surface area contributed by atoms with Crippen LogP contribution in [0, 0.1) is 18.3 Å². The lowest BCUT2D eigenvalue weighted by atomic mass is 9.97. The van der Waals surface area contributed by atoms with Gasteiger partial charge in [0.2, 0.25) is 0 Å². The van der Waals surface area contributed by atoms with E-state index in [1.807, 2.05) is 36.4 Å². The van der Waals surface area contributed by atoms with Crippen molar-refractivity contribution in [2.45, 2.75) is 6.92 Å². The fraction of sp³-hybridized carbons (Fsp3) is 0.0741. The summed E-state index contributed by atoms with van der Waals surface area (Å²) in [5.41, 5.74) is 7.52. The van der Waals surface area contributed by atoms with Crippen LogP contribution in [0.4, 0.5) is 5.82 Å². The second-order valence-corrected chi connectivity index (χ2v) is 8.50. The van der Waals surface area contributed by atoms with Gasteiger partial charge in [-0.3, -0.25) is 15.2 Å². The van der Waals surface area contributed by atoms with Gasteiger partial charge in [-0.05, 0) is 37.3 Å². The zero-order valence-corrected chi connectivity index (χ0v) is 20.2. The molecule has 0 radical (unpaired) electrons. The molecule has 0 spiro atoms. The molecule has 3 heterocycles. The molecule has 5 rings (SSSR count). The van der Waals surface area contributed by atoms with Gasteiger partial charge in [0.1, 0.15) is 11.4 Å². The normalized spacial score (nSPS) is 10.7. The Morgan fingerprint density at radius 2 is 1.78 bits per heavy atom. The molecular formula is C27H20ClN7O. The highest BCUT2D eigenvalue weighted by Crippen LogP contribution is 2.35. The first-order chi connectivity index (χ1) is 17.5.